The predicted octanol–water partition coefficient (Wildman–Crippen LogP) is 4.40. The maximum absolute atomic E-state index is 13.1. The van der Waals surface area contributed by atoms with Crippen LogP contribution < -0.4 is 14.8 Å². The molecule has 3 aromatic rings. The van der Waals surface area contributed by atoms with Crippen molar-refractivity contribution in [3.8, 4) is 17.2 Å². The molecule has 3 aromatic carbocycles. The Hall–Kier alpha value is -3.77. The molecular formula is C28H30N2O4. The molecule has 0 fully saturated rings. The van der Waals surface area contributed by atoms with Crippen LogP contribution in [0.25, 0.3) is 5.57 Å². The van der Waals surface area contributed by atoms with Gasteiger partial charge in [-0.2, -0.15) is 0 Å². The van der Waals surface area contributed by atoms with Crippen LogP contribution in [0.3, 0.4) is 0 Å². The number of carbonyl (C=O) groups excluding carboxylic acids is 1. The van der Waals surface area contributed by atoms with Crippen LogP contribution >= 0.6 is 0 Å². The highest BCUT2D eigenvalue weighted by Crippen LogP contribution is 2.27. The molecule has 34 heavy (non-hydrogen) atoms. The van der Waals surface area contributed by atoms with Crippen molar-refractivity contribution >= 4 is 11.5 Å². The largest absolute Gasteiger partial charge is 0.508 e. The van der Waals surface area contributed by atoms with Crippen LogP contribution in [0.5, 0.6) is 17.2 Å². The van der Waals surface area contributed by atoms with Gasteiger partial charge in [0, 0.05) is 13.1 Å². The van der Waals surface area contributed by atoms with Crippen LogP contribution in [-0.4, -0.2) is 49.8 Å². The van der Waals surface area contributed by atoms with Gasteiger partial charge in [0.15, 0.2) is 0 Å². The zero-order valence-electron chi connectivity index (χ0n) is 19.5. The van der Waals surface area contributed by atoms with E-state index in [1.165, 1.54) is 5.57 Å². The van der Waals surface area contributed by atoms with Gasteiger partial charge in [0.2, 0.25) is 5.91 Å². The lowest BCUT2D eigenvalue weighted by molar-refractivity contribution is -0.122. The van der Waals surface area contributed by atoms with E-state index in [9.17, 15) is 9.90 Å². The molecule has 0 aliphatic carbocycles. The van der Waals surface area contributed by atoms with Crippen molar-refractivity contribution in [3.05, 3.63) is 95.6 Å². The van der Waals surface area contributed by atoms with Crippen molar-refractivity contribution in [3.63, 3.8) is 0 Å². The van der Waals surface area contributed by atoms with Crippen molar-refractivity contribution in [2.75, 3.05) is 33.9 Å². The molecule has 1 amide bonds. The third-order valence-corrected chi connectivity index (χ3v) is 6.10. The van der Waals surface area contributed by atoms with Gasteiger partial charge in [0.1, 0.15) is 17.2 Å². The number of carbonyl (C=O) groups is 1. The highest BCUT2D eigenvalue weighted by Gasteiger charge is 2.20. The molecule has 2 N–H and O–H groups in total. The van der Waals surface area contributed by atoms with E-state index in [0.29, 0.717) is 13.1 Å². The van der Waals surface area contributed by atoms with Gasteiger partial charge in [-0.05, 0) is 65.1 Å². The number of benzene rings is 3. The molecule has 1 aliphatic heterocycles. The number of nitrogens with one attached hydrogen (secondary N) is 1. The zero-order chi connectivity index (χ0) is 23.9. The molecule has 0 aromatic heterocycles. The van der Waals surface area contributed by atoms with E-state index < -0.39 is 0 Å². The number of methoxy groups -OCH3 is 2. The topological polar surface area (TPSA) is 71.0 Å². The lowest BCUT2D eigenvalue weighted by Crippen LogP contribution is -2.40. The summed E-state index contributed by atoms with van der Waals surface area (Å²) in [6.07, 6.45) is 3.02. The highest BCUT2D eigenvalue weighted by atomic mass is 16.5. The molecule has 4 rings (SSSR count). The molecule has 0 bridgehead atoms. The average Bonchev–Trinajstić information content (AvgIpc) is 2.88. The second-order valence-electron chi connectivity index (χ2n) is 8.31. The third-order valence-electron chi connectivity index (χ3n) is 6.10. The van der Waals surface area contributed by atoms with Gasteiger partial charge in [-0.3, -0.25) is 9.69 Å². The monoisotopic (exact) mass is 458 g/mol. The fourth-order valence-corrected chi connectivity index (χ4v) is 4.15. The van der Waals surface area contributed by atoms with Crippen LogP contribution in [0.2, 0.25) is 0 Å². The third kappa shape index (κ3) is 5.77. The Morgan fingerprint density at radius 3 is 1.94 bits per heavy atom. The first-order valence-electron chi connectivity index (χ1n) is 11.3. The summed E-state index contributed by atoms with van der Waals surface area (Å²) in [6.45, 7) is 1.83. The summed E-state index contributed by atoms with van der Waals surface area (Å²) < 4.78 is 10.6. The van der Waals surface area contributed by atoms with Gasteiger partial charge in [-0.1, -0.05) is 42.5 Å². The van der Waals surface area contributed by atoms with Gasteiger partial charge < -0.3 is 19.9 Å². The molecular weight excluding hydrogens is 428 g/mol. The molecule has 0 unspecified atom stereocenters. The molecule has 0 spiro atoms. The molecule has 0 saturated carbocycles. The maximum Gasteiger partial charge on any atom is 0.234 e. The summed E-state index contributed by atoms with van der Waals surface area (Å²) in [5.74, 6) is 1.78. The molecule has 0 radical (unpaired) electrons. The number of nitrogens with zero attached hydrogens (tertiary/aromatic N) is 1. The number of phenolic OH excluding ortho intramolecular Hbond substituents is 1. The van der Waals surface area contributed by atoms with Crippen molar-refractivity contribution in [2.24, 2.45) is 0 Å². The number of amides is 1. The Labute approximate surface area is 200 Å². The average molecular weight is 459 g/mol. The molecule has 1 heterocycles. The molecule has 0 atom stereocenters. The number of aromatic hydroxyl groups is 1. The Morgan fingerprint density at radius 2 is 1.47 bits per heavy atom. The van der Waals surface area contributed by atoms with Crippen molar-refractivity contribution in [1.82, 2.24) is 10.2 Å². The van der Waals surface area contributed by atoms with Crippen molar-refractivity contribution in [1.29, 1.82) is 0 Å². The normalized spacial score (nSPS) is 13.9. The van der Waals surface area contributed by atoms with E-state index in [0.717, 1.165) is 41.2 Å². The minimum Gasteiger partial charge on any atom is -0.508 e. The van der Waals surface area contributed by atoms with E-state index in [2.05, 4.69) is 16.3 Å². The minimum absolute atomic E-state index is 0.0295. The summed E-state index contributed by atoms with van der Waals surface area (Å²) >= 11 is 0. The number of hydrogen-bond donors (Lipinski definition) is 2. The summed E-state index contributed by atoms with van der Waals surface area (Å²) in [5, 5.41) is 12.7. The predicted molar refractivity (Wildman–Crippen MR) is 133 cm³/mol. The van der Waals surface area contributed by atoms with Gasteiger partial charge >= 0.3 is 0 Å². The summed E-state index contributed by atoms with van der Waals surface area (Å²) in [5.41, 5.74) is 4.31. The van der Waals surface area contributed by atoms with E-state index in [-0.39, 0.29) is 17.7 Å². The second kappa shape index (κ2) is 10.9. The van der Waals surface area contributed by atoms with Crippen molar-refractivity contribution < 1.29 is 19.4 Å². The molecule has 0 saturated heterocycles. The lowest BCUT2D eigenvalue weighted by Gasteiger charge is -2.27. The summed E-state index contributed by atoms with van der Waals surface area (Å²) in [6, 6.07) is 22.5. The lowest BCUT2D eigenvalue weighted by atomic mass is 9.98. The number of rotatable bonds is 8. The maximum atomic E-state index is 13.1. The fraction of sp³-hybridized carbons (Fsp3) is 0.250. The summed E-state index contributed by atoms with van der Waals surface area (Å²) in [7, 11) is 3.27. The van der Waals surface area contributed by atoms with Crippen LogP contribution in [0.15, 0.2) is 78.9 Å². The zero-order valence-corrected chi connectivity index (χ0v) is 19.5. The van der Waals surface area contributed by atoms with Gasteiger partial charge in [-0.25, -0.2) is 0 Å². The first-order valence-corrected chi connectivity index (χ1v) is 11.3. The first-order chi connectivity index (χ1) is 16.6. The Bertz CT molecular complexity index is 1080. The number of ether oxygens (including phenoxy) is 2. The van der Waals surface area contributed by atoms with Crippen LogP contribution in [0.4, 0.5) is 0 Å². The molecule has 6 heteroatoms. The van der Waals surface area contributed by atoms with Crippen LogP contribution in [0.1, 0.15) is 29.2 Å². The number of hydrogen-bond acceptors (Lipinski definition) is 5. The Balaban J connectivity index is 1.44. The van der Waals surface area contributed by atoms with Crippen molar-refractivity contribution in [2.45, 2.75) is 12.5 Å². The van der Waals surface area contributed by atoms with E-state index in [1.54, 1.807) is 26.4 Å². The number of phenols is 1. The Morgan fingerprint density at radius 1 is 0.912 bits per heavy atom. The van der Waals surface area contributed by atoms with Gasteiger partial charge in [0.05, 0.1) is 26.8 Å². The quantitative estimate of drug-likeness (QED) is 0.523. The molecule has 176 valence electrons. The van der Waals surface area contributed by atoms with E-state index in [1.807, 2.05) is 60.7 Å². The van der Waals surface area contributed by atoms with Crippen LogP contribution in [0, 0.1) is 0 Å². The Kier molecular flexibility index (Phi) is 7.50. The standard InChI is InChI=1S/C28H30N2O4/c1-33-25-11-5-22(6-12-25)28(23-7-13-26(34-2)14-8-23)29-27(32)19-30-17-15-21(16-18-30)20-3-9-24(31)10-4-20/h3-15,28,31H,16-19H2,1-2H3,(H,29,32). The minimum atomic E-state index is -0.280. The molecule has 6 nitrogen and oxygen atoms in total. The highest BCUT2D eigenvalue weighted by molar-refractivity contribution is 5.79. The van der Waals surface area contributed by atoms with Crippen LogP contribution in [-0.2, 0) is 4.79 Å². The first kappa shape index (κ1) is 23.4. The van der Waals surface area contributed by atoms with E-state index in [4.69, 9.17) is 9.47 Å². The second-order valence-corrected chi connectivity index (χ2v) is 8.31. The van der Waals surface area contributed by atoms with E-state index >= 15 is 0 Å². The smallest absolute Gasteiger partial charge is 0.234 e. The molecule has 1 aliphatic rings. The summed E-state index contributed by atoms with van der Waals surface area (Å²) in [4.78, 5) is 15.2. The SMILES string of the molecule is COc1ccc(C(NC(=O)CN2CC=C(c3ccc(O)cc3)CC2)c2ccc(OC)cc2)cc1. The van der Waals surface area contributed by atoms with Gasteiger partial charge in [0.25, 0.3) is 0 Å². The van der Waals surface area contributed by atoms with Gasteiger partial charge in [-0.15, -0.1) is 0 Å². The fourth-order valence-electron chi connectivity index (χ4n) is 4.15.